The lowest BCUT2D eigenvalue weighted by molar-refractivity contribution is -0.274. The molecule has 2 fully saturated rings. The summed E-state index contributed by atoms with van der Waals surface area (Å²) in [6.07, 6.45) is 0.568. The Bertz CT molecular complexity index is 2550. The molecule has 6 amide bonds. The lowest BCUT2D eigenvalue weighted by Crippen LogP contribution is -2.62. The molecule has 0 bridgehead atoms. The molecule has 0 radical (unpaired) electrons. The molecular weight excluding hydrogens is 881 g/mol. The highest BCUT2D eigenvalue weighted by Crippen LogP contribution is 2.39. The summed E-state index contributed by atoms with van der Waals surface area (Å²) in [6, 6.07) is 9.47. The van der Waals surface area contributed by atoms with Crippen molar-refractivity contribution in [3.63, 3.8) is 0 Å². The Hall–Kier alpha value is -7.19. The van der Waals surface area contributed by atoms with E-state index in [4.69, 9.17) is 4.74 Å². The average molecular weight is 933 g/mol. The molecule has 0 saturated carbocycles. The highest BCUT2D eigenvalue weighted by molar-refractivity contribution is 6.04. The standard InChI is InChI=1S/C46H52F4N10O7/c1-26(2)38(56-44(65)66-6)41(62)59-17-7-9-35(59)39-53-24-34(54-39)29-12-10-28(11-13-29)31-21-32(47)33(22-36(31)67-46(48,49)50)55-40(61)30-14-15-37(52-23-30)58-20-19-57(25-27(58)3)42(63)45(4)16-8-18-60(45)43(64)51-5/h9-15,21-24,26-27,38H,7-8,16-20,25H2,1-6H3,(H,51,64)(H,53,54)(H,55,61)(H,56,65)/t27-,38+,45+/m1/s1. The Morgan fingerprint density at radius 2 is 1.69 bits per heavy atom. The van der Waals surface area contributed by atoms with Crippen molar-refractivity contribution in [3.05, 3.63) is 84.2 Å². The number of aromatic amines is 1. The molecule has 67 heavy (non-hydrogen) atoms. The summed E-state index contributed by atoms with van der Waals surface area (Å²) in [7, 11) is 2.74. The number of halogens is 4. The van der Waals surface area contributed by atoms with Gasteiger partial charge in [0.1, 0.15) is 29.0 Å². The predicted molar refractivity (Wildman–Crippen MR) is 239 cm³/mol. The minimum Gasteiger partial charge on any atom is -0.453 e. The molecule has 7 rings (SSSR count). The Balaban J connectivity index is 1.02. The van der Waals surface area contributed by atoms with E-state index in [2.05, 4.69) is 35.6 Å². The number of alkyl carbamates (subject to hydrolysis) is 1. The number of nitrogens with one attached hydrogen (secondary N) is 4. The zero-order chi connectivity index (χ0) is 48.4. The van der Waals surface area contributed by atoms with E-state index in [1.807, 2.05) is 17.9 Å². The van der Waals surface area contributed by atoms with Gasteiger partial charge in [-0.3, -0.25) is 14.4 Å². The van der Waals surface area contributed by atoms with Crippen LogP contribution in [0.4, 0.5) is 38.7 Å². The van der Waals surface area contributed by atoms with Crippen LogP contribution in [0.1, 0.15) is 63.1 Å². The van der Waals surface area contributed by atoms with Gasteiger partial charge in [-0.15, -0.1) is 13.2 Å². The number of hydrogen-bond donors (Lipinski definition) is 4. The van der Waals surface area contributed by atoms with Gasteiger partial charge in [-0.1, -0.05) is 44.2 Å². The number of nitrogens with zero attached hydrogens (tertiary/aromatic N) is 6. The van der Waals surface area contributed by atoms with Gasteiger partial charge in [-0.25, -0.2) is 23.9 Å². The third-order valence-electron chi connectivity index (χ3n) is 12.3. The molecule has 5 heterocycles. The van der Waals surface area contributed by atoms with E-state index in [-0.39, 0.29) is 46.5 Å². The van der Waals surface area contributed by atoms with Gasteiger partial charge in [0.25, 0.3) is 5.91 Å². The molecule has 356 valence electrons. The summed E-state index contributed by atoms with van der Waals surface area (Å²) in [4.78, 5) is 83.9. The Labute approximate surface area is 383 Å². The number of H-pyrrole nitrogens is 1. The smallest absolute Gasteiger partial charge is 0.453 e. The molecule has 2 aromatic heterocycles. The summed E-state index contributed by atoms with van der Waals surface area (Å²) in [5, 5.41) is 7.54. The number of aromatic nitrogens is 3. The number of benzene rings is 2. The second kappa shape index (κ2) is 19.3. The van der Waals surface area contributed by atoms with Crippen molar-refractivity contribution in [2.45, 2.75) is 70.9 Å². The number of methoxy groups -OCH3 is 1. The van der Waals surface area contributed by atoms with Crippen LogP contribution in [0.15, 0.2) is 67.0 Å². The average Bonchev–Trinajstić information content (AvgIpc) is 4.09. The van der Waals surface area contributed by atoms with E-state index in [0.29, 0.717) is 80.6 Å². The van der Waals surface area contributed by atoms with Crippen LogP contribution in [0.25, 0.3) is 28.1 Å². The normalized spacial score (nSPS) is 19.0. The number of imidazole rings is 1. The van der Waals surface area contributed by atoms with Crippen molar-refractivity contribution in [1.29, 1.82) is 0 Å². The number of hydrogen-bond acceptors (Lipinski definition) is 10. The number of carbonyl (C=O) groups is 5. The first-order valence-corrected chi connectivity index (χ1v) is 21.8. The van der Waals surface area contributed by atoms with E-state index >= 15 is 4.39 Å². The van der Waals surface area contributed by atoms with Crippen LogP contribution in [-0.2, 0) is 14.3 Å². The second-order valence-electron chi connectivity index (χ2n) is 17.1. The first-order chi connectivity index (χ1) is 31.8. The maximum Gasteiger partial charge on any atom is 0.573 e. The van der Waals surface area contributed by atoms with Crippen LogP contribution in [0.3, 0.4) is 0 Å². The van der Waals surface area contributed by atoms with E-state index in [0.717, 1.165) is 12.1 Å². The topological polar surface area (TPSA) is 194 Å². The Kier molecular flexibility index (Phi) is 13.8. The van der Waals surface area contributed by atoms with E-state index in [9.17, 15) is 37.1 Å². The number of carbonyl (C=O) groups excluding carboxylic acids is 5. The Morgan fingerprint density at radius 1 is 0.955 bits per heavy atom. The SMILES string of the molecule is CNC(=O)N1CCC[C@@]1(C)C(=O)N1CCN(c2ccc(C(=O)Nc3cc(OC(F)(F)F)c(-c4ccc(-c5cnc(C6=CCCN6C(=O)[C@@H](NC(=O)OC)C(C)C)[nH]5)cc4)cc3F)cn2)[C@H](C)C1. The number of alkyl halides is 3. The van der Waals surface area contributed by atoms with Gasteiger partial charge in [0, 0.05) is 63.6 Å². The third-order valence-corrected chi connectivity index (χ3v) is 12.3. The number of pyridine rings is 1. The van der Waals surface area contributed by atoms with Crippen molar-refractivity contribution in [1.82, 2.24) is 40.3 Å². The largest absolute Gasteiger partial charge is 0.573 e. The zero-order valence-electron chi connectivity index (χ0n) is 37.8. The van der Waals surface area contributed by atoms with E-state index < -0.39 is 47.2 Å². The second-order valence-corrected chi connectivity index (χ2v) is 17.1. The number of likely N-dealkylation sites (tertiary alicyclic amines) is 1. The van der Waals surface area contributed by atoms with Gasteiger partial charge < -0.3 is 50.0 Å². The quantitative estimate of drug-likeness (QED) is 0.119. The van der Waals surface area contributed by atoms with Crippen LogP contribution in [0.2, 0.25) is 0 Å². The van der Waals surface area contributed by atoms with Crippen molar-refractivity contribution < 1.29 is 51.0 Å². The van der Waals surface area contributed by atoms with Crippen LogP contribution >= 0.6 is 0 Å². The van der Waals surface area contributed by atoms with Crippen molar-refractivity contribution >= 4 is 47.0 Å². The molecule has 4 aromatic rings. The van der Waals surface area contributed by atoms with Crippen molar-refractivity contribution in [2.24, 2.45) is 5.92 Å². The minimum absolute atomic E-state index is 0.00633. The maximum absolute atomic E-state index is 15.7. The molecule has 3 aliphatic heterocycles. The van der Waals surface area contributed by atoms with Crippen LogP contribution in [0.5, 0.6) is 5.75 Å². The summed E-state index contributed by atoms with van der Waals surface area (Å²) >= 11 is 0. The third kappa shape index (κ3) is 10.1. The molecule has 21 heteroatoms. The molecule has 0 unspecified atom stereocenters. The molecule has 2 saturated heterocycles. The fourth-order valence-corrected chi connectivity index (χ4v) is 8.75. The molecule has 0 aliphatic carbocycles. The molecule has 17 nitrogen and oxygen atoms in total. The van der Waals surface area contributed by atoms with Gasteiger partial charge in [-0.2, -0.15) is 0 Å². The molecule has 0 spiro atoms. The minimum atomic E-state index is -5.16. The first kappa shape index (κ1) is 47.8. The Morgan fingerprint density at radius 3 is 2.33 bits per heavy atom. The summed E-state index contributed by atoms with van der Waals surface area (Å²) in [5.74, 6) is -2.44. The maximum atomic E-state index is 15.7. The molecule has 3 aliphatic rings. The lowest BCUT2D eigenvalue weighted by Gasteiger charge is -2.44. The van der Waals surface area contributed by atoms with Gasteiger partial charge >= 0.3 is 18.5 Å². The highest BCUT2D eigenvalue weighted by Gasteiger charge is 2.48. The fraction of sp³-hybridized carbons (Fsp3) is 0.413. The molecule has 2 aromatic carbocycles. The van der Waals surface area contributed by atoms with Gasteiger partial charge in [0.2, 0.25) is 11.8 Å². The molecular formula is C46H52F4N10O7. The summed E-state index contributed by atoms with van der Waals surface area (Å²) < 4.78 is 66.0. The monoisotopic (exact) mass is 932 g/mol. The van der Waals surface area contributed by atoms with E-state index in [1.54, 1.807) is 48.8 Å². The van der Waals surface area contributed by atoms with Gasteiger partial charge in [0.05, 0.1) is 35.9 Å². The lowest BCUT2D eigenvalue weighted by atomic mass is 9.96. The summed E-state index contributed by atoms with van der Waals surface area (Å²) in [5.41, 5.74) is 0.0252. The fourth-order valence-electron chi connectivity index (χ4n) is 8.75. The number of rotatable bonds is 11. The van der Waals surface area contributed by atoms with Crippen LogP contribution in [-0.4, -0.2) is 130 Å². The first-order valence-electron chi connectivity index (χ1n) is 21.8. The van der Waals surface area contributed by atoms with Crippen LogP contribution in [0, 0.1) is 11.7 Å². The van der Waals surface area contributed by atoms with Crippen molar-refractivity contribution in [3.8, 4) is 28.1 Å². The highest BCUT2D eigenvalue weighted by atomic mass is 19.4. The number of ether oxygens (including phenoxy) is 2. The van der Waals surface area contributed by atoms with Crippen molar-refractivity contribution in [2.75, 3.05) is 57.1 Å². The number of amides is 6. The molecule has 4 N–H and O–H groups in total. The van der Waals surface area contributed by atoms with Gasteiger partial charge in [-0.05, 0) is 68.4 Å². The number of anilines is 2. The predicted octanol–water partition coefficient (Wildman–Crippen LogP) is 6.61. The number of piperazine rings is 1. The number of urea groups is 1. The summed E-state index contributed by atoms with van der Waals surface area (Å²) in [6.45, 7) is 9.33. The molecule has 3 atom stereocenters. The van der Waals surface area contributed by atoms with Gasteiger partial charge in [0.15, 0.2) is 5.82 Å². The van der Waals surface area contributed by atoms with Crippen LogP contribution < -0.4 is 25.6 Å². The van der Waals surface area contributed by atoms with E-state index in [1.165, 1.54) is 49.7 Å². The zero-order valence-corrected chi connectivity index (χ0v) is 37.8.